The van der Waals surface area contributed by atoms with Gasteiger partial charge in [-0.25, -0.2) is 4.98 Å². The molecule has 3 heterocycles. The van der Waals surface area contributed by atoms with Crippen molar-refractivity contribution in [2.45, 2.75) is 78.5 Å². The van der Waals surface area contributed by atoms with Crippen LogP contribution in [-0.4, -0.2) is 9.55 Å². The van der Waals surface area contributed by atoms with Crippen molar-refractivity contribution in [3.63, 3.8) is 0 Å². The van der Waals surface area contributed by atoms with Crippen LogP contribution in [0.1, 0.15) is 95.8 Å². The van der Waals surface area contributed by atoms with Gasteiger partial charge in [0, 0.05) is 75.2 Å². The van der Waals surface area contributed by atoms with E-state index >= 15 is 0 Å². The quantitative estimate of drug-likeness (QED) is 0.135. The van der Waals surface area contributed by atoms with Crippen LogP contribution in [0.4, 0.5) is 22.7 Å². The molecule has 5 nitrogen and oxygen atoms in total. The van der Waals surface area contributed by atoms with Crippen molar-refractivity contribution in [3.05, 3.63) is 223 Å². The monoisotopic (exact) mass is 1140 g/mol. The van der Waals surface area contributed by atoms with Gasteiger partial charge in [-0.15, -0.1) is 48.1 Å². The second-order valence-electron chi connectivity index (χ2n) is 20.9. The molecule has 8 aromatic carbocycles. The summed E-state index contributed by atoms with van der Waals surface area (Å²) < 4.78 is 129. The number of benzene rings is 8. The summed E-state index contributed by atoms with van der Waals surface area (Å²) in [6, 6.07) is 38.0. The number of rotatable bonds is 9. The third-order valence-corrected chi connectivity index (χ3v) is 13.7. The zero-order chi connectivity index (χ0) is 60.7. The van der Waals surface area contributed by atoms with E-state index in [1.54, 1.807) is 104 Å². The van der Waals surface area contributed by atoms with E-state index in [0.29, 0.717) is 67.0 Å². The number of ether oxygens (including phenoxy) is 1. The van der Waals surface area contributed by atoms with Gasteiger partial charge in [-0.3, -0.25) is 0 Å². The molecule has 2 aliphatic rings. The molecular formula is C67H59N4OPt-3. The fourth-order valence-electron chi connectivity index (χ4n) is 10.1. The molecule has 0 N–H and O–H groups in total. The van der Waals surface area contributed by atoms with Gasteiger partial charge in [-0.2, -0.15) is 12.1 Å². The third kappa shape index (κ3) is 8.97. The third-order valence-electron chi connectivity index (χ3n) is 13.7. The normalized spacial score (nSPS) is 17.4. The molecule has 1 aliphatic heterocycles. The standard InChI is InChI=1S/C67H59N4O.Pt/c1-65(2,3)43-45-34-37-68-63(38-45)71-59-27-12-11-24-55(59)56-32-31-52(42-62(56)71)72-51-23-16-22-50(41-51)69-44-70(61-29-14-13-28-60(61)69)64-53(48-21-15-20-47(39-48)46-18-9-8-10-19-46)25-17-26-54(64)49-30-33-57-58(40-49)67(6,7)36-35-66(57,4)5;/h8-34,37-40,44H,35-36,43H2,1-7H3;/q-3;/i11D,12D,15D,20D,21D,24D,27D,30D,33D,39D,40D,43D2;. The van der Waals surface area contributed by atoms with Crippen LogP contribution in [0.2, 0.25) is 0 Å². The Hall–Kier alpha value is -7.20. The zero-order valence-corrected chi connectivity index (χ0v) is 43.8. The molecule has 10 aromatic rings. The summed E-state index contributed by atoms with van der Waals surface area (Å²) in [7, 11) is 0. The van der Waals surface area contributed by atoms with Crippen molar-refractivity contribution < 1.29 is 43.6 Å². The summed E-state index contributed by atoms with van der Waals surface area (Å²) >= 11 is 0. The fourth-order valence-corrected chi connectivity index (χ4v) is 10.1. The largest absolute Gasteiger partial charge is 0.509 e. The number of hydrogen-bond donors (Lipinski definition) is 0. The van der Waals surface area contributed by atoms with E-state index < -0.39 is 34.7 Å². The second kappa shape index (κ2) is 18.7. The molecule has 6 heteroatoms. The Morgan fingerprint density at radius 3 is 2.11 bits per heavy atom. The van der Waals surface area contributed by atoms with Crippen molar-refractivity contribution >= 4 is 44.6 Å². The van der Waals surface area contributed by atoms with Gasteiger partial charge in [0.1, 0.15) is 5.82 Å². The first-order chi connectivity index (χ1) is 40.2. The maximum atomic E-state index is 10.2. The Morgan fingerprint density at radius 2 is 1.33 bits per heavy atom. The van der Waals surface area contributed by atoms with Gasteiger partial charge in [-0.1, -0.05) is 169 Å². The molecule has 2 aromatic heterocycles. The predicted octanol–water partition coefficient (Wildman–Crippen LogP) is 17.9. The van der Waals surface area contributed by atoms with Gasteiger partial charge in [0.05, 0.1) is 15.1 Å². The molecule has 366 valence electrons. The maximum Gasteiger partial charge on any atom is 0.135 e. The minimum absolute atomic E-state index is 0. The first-order valence-corrected chi connectivity index (χ1v) is 24.3. The molecule has 0 unspecified atom stereocenters. The van der Waals surface area contributed by atoms with Crippen molar-refractivity contribution in [2.24, 2.45) is 5.41 Å². The van der Waals surface area contributed by atoms with Gasteiger partial charge in [0.2, 0.25) is 0 Å². The van der Waals surface area contributed by atoms with E-state index in [1.807, 2.05) is 52.9 Å². The molecule has 0 bridgehead atoms. The minimum atomic E-state index is -1.82. The van der Waals surface area contributed by atoms with Crippen LogP contribution in [0.5, 0.6) is 11.5 Å². The molecule has 12 rings (SSSR count). The molecular weight excluding hydrogens is 1070 g/mol. The van der Waals surface area contributed by atoms with Crippen LogP contribution in [0, 0.1) is 24.2 Å². The molecule has 0 radical (unpaired) electrons. The van der Waals surface area contributed by atoms with E-state index in [-0.39, 0.29) is 120 Å². The van der Waals surface area contributed by atoms with Gasteiger partial charge in [0.25, 0.3) is 0 Å². The van der Waals surface area contributed by atoms with Crippen LogP contribution < -0.4 is 14.5 Å². The van der Waals surface area contributed by atoms with E-state index in [0.717, 1.165) is 12.8 Å². The van der Waals surface area contributed by atoms with Gasteiger partial charge < -0.3 is 19.1 Å². The minimum Gasteiger partial charge on any atom is -0.509 e. The van der Waals surface area contributed by atoms with E-state index in [9.17, 15) is 8.22 Å². The van der Waals surface area contributed by atoms with Crippen LogP contribution in [0.3, 0.4) is 0 Å². The Morgan fingerprint density at radius 1 is 0.644 bits per heavy atom. The molecule has 0 fully saturated rings. The average molecular weight is 1140 g/mol. The van der Waals surface area contributed by atoms with Crippen LogP contribution in [0.25, 0.3) is 61.0 Å². The smallest absolute Gasteiger partial charge is 0.135 e. The number of pyridine rings is 1. The van der Waals surface area contributed by atoms with Crippen LogP contribution >= 0.6 is 0 Å². The van der Waals surface area contributed by atoms with E-state index in [4.69, 9.17) is 14.3 Å². The first-order valence-electron chi connectivity index (χ1n) is 30.8. The van der Waals surface area contributed by atoms with E-state index in [1.165, 1.54) is 6.20 Å². The first kappa shape index (κ1) is 35.0. The van der Waals surface area contributed by atoms with Gasteiger partial charge in [-0.05, 0) is 116 Å². The maximum absolute atomic E-state index is 10.2. The Kier molecular flexibility index (Phi) is 8.97. The van der Waals surface area contributed by atoms with Gasteiger partial charge >= 0.3 is 0 Å². The summed E-state index contributed by atoms with van der Waals surface area (Å²) in [5.41, 5.74) is 4.28. The van der Waals surface area contributed by atoms with Crippen LogP contribution in [0.15, 0.2) is 188 Å². The average Bonchev–Trinajstić information content (AvgIpc) is 1.28. The Labute approximate surface area is 463 Å². The summed E-state index contributed by atoms with van der Waals surface area (Å²) in [4.78, 5) is 8.42. The number of aromatic nitrogens is 2. The predicted molar refractivity (Wildman–Crippen MR) is 299 cm³/mol. The number of para-hydroxylation sites is 4. The molecule has 0 saturated heterocycles. The summed E-state index contributed by atoms with van der Waals surface area (Å²) in [5.74, 6) is 0.680. The Bertz CT molecular complexity index is 4440. The number of anilines is 4. The number of hydrogen-bond acceptors (Lipinski definition) is 4. The van der Waals surface area contributed by atoms with Crippen LogP contribution in [-0.2, 0) is 38.3 Å². The van der Waals surface area contributed by atoms with Crippen molar-refractivity contribution in [1.82, 2.24) is 9.55 Å². The summed E-state index contributed by atoms with van der Waals surface area (Å²) in [6.45, 7) is 15.5. The fraction of sp³-hybridized carbons (Fsp3) is 0.194. The topological polar surface area (TPSA) is 33.5 Å². The van der Waals surface area contributed by atoms with Crippen molar-refractivity contribution in [1.29, 1.82) is 0 Å². The molecule has 73 heavy (non-hydrogen) atoms. The number of nitrogens with zero attached hydrogens (tertiary/aromatic N) is 4. The molecule has 0 spiro atoms. The van der Waals surface area contributed by atoms with E-state index in [2.05, 4.69) is 44.8 Å². The molecule has 0 atom stereocenters. The van der Waals surface area contributed by atoms with Crippen molar-refractivity contribution in [3.8, 4) is 50.7 Å². The SMILES string of the molecule is [2H]c1c([2H])c(-c2ccccc2)c([2H])c(-c2cccc(-c3c([2H])c([2H])c4c(c3[2H])C(C)(C)CCC4(C)C)c2N2[CH-]N(c3[c-]c(Oc4[c-]c5c(cc4)c4c([2H])c([2H])c([2H])c([2H])c4n5-c4cc(C([2H])([2H])C(C)(C)C)ccn4)ccc3)c3ccccc32)c1[2H].[Pt]. The summed E-state index contributed by atoms with van der Waals surface area (Å²) in [5, 5.41) is 0.681. The number of fused-ring (bicyclic) bond motifs is 5. The molecule has 1 aliphatic carbocycles. The van der Waals surface area contributed by atoms with Crippen molar-refractivity contribution in [2.75, 3.05) is 9.80 Å². The van der Waals surface area contributed by atoms with Gasteiger partial charge in [0.15, 0.2) is 0 Å². The zero-order valence-electron chi connectivity index (χ0n) is 54.6. The Balaban J connectivity index is 0.00000768. The second-order valence-corrected chi connectivity index (χ2v) is 20.9. The summed E-state index contributed by atoms with van der Waals surface area (Å²) in [6.07, 6.45) is 1.19. The molecule has 0 amide bonds. The molecule has 0 saturated carbocycles.